The molecule has 0 bridgehead atoms. The molecule has 10 heteroatoms. The lowest BCUT2D eigenvalue weighted by atomic mass is 10.0. The van der Waals surface area contributed by atoms with Gasteiger partial charge in [-0.05, 0) is 26.7 Å². The number of nitrogens with zero attached hydrogens (tertiary/aromatic N) is 4. The van der Waals surface area contributed by atoms with E-state index in [9.17, 15) is 9.13 Å². The number of hydrogen-bond acceptors (Lipinski definition) is 6. The Labute approximate surface area is 118 Å². The smallest absolute Gasteiger partial charge is 0.324 e. The molecule has 0 amide bonds. The van der Waals surface area contributed by atoms with Crippen LogP contribution < -0.4 is 0 Å². The van der Waals surface area contributed by atoms with Gasteiger partial charge in [-0.15, -0.1) is 0 Å². The molecule has 0 fully saturated rings. The van der Waals surface area contributed by atoms with Crippen LogP contribution in [0.1, 0.15) is 26.7 Å². The van der Waals surface area contributed by atoms with Crippen LogP contribution >= 0.6 is 16.1 Å². The number of hydrogen-bond donors (Lipinski definition) is 2. The van der Waals surface area contributed by atoms with Gasteiger partial charge in [0.2, 0.25) is 0 Å². The van der Waals surface area contributed by atoms with Crippen molar-refractivity contribution in [2.75, 3.05) is 12.3 Å². The molecule has 0 spiro atoms. The van der Waals surface area contributed by atoms with E-state index < -0.39 is 24.8 Å². The quantitative estimate of drug-likeness (QED) is 0.518. The van der Waals surface area contributed by atoms with Crippen molar-refractivity contribution in [2.24, 2.45) is 10.2 Å². The van der Waals surface area contributed by atoms with Gasteiger partial charge in [0, 0.05) is 6.16 Å². The van der Waals surface area contributed by atoms with Gasteiger partial charge in [0.05, 0.1) is 18.3 Å². The van der Waals surface area contributed by atoms with E-state index in [2.05, 4.69) is 10.2 Å². The van der Waals surface area contributed by atoms with Crippen LogP contribution in [-0.2, 0) is 9.13 Å². The molecule has 110 valence electrons. The van der Waals surface area contributed by atoms with Crippen LogP contribution in [0.15, 0.2) is 10.2 Å². The molecule has 0 radical (unpaired) electrons. The highest BCUT2D eigenvalue weighted by Crippen LogP contribution is 2.37. The van der Waals surface area contributed by atoms with Gasteiger partial charge in [-0.2, -0.15) is 20.8 Å². The number of rotatable bonds is 8. The molecule has 0 rings (SSSR count). The summed E-state index contributed by atoms with van der Waals surface area (Å²) >= 11 is 0. The molecule has 20 heavy (non-hydrogen) atoms. The summed E-state index contributed by atoms with van der Waals surface area (Å²) in [6.07, 6.45) is -0.218. The Morgan fingerprint density at radius 2 is 1.60 bits per heavy atom. The maximum Gasteiger partial charge on any atom is 0.325 e. The summed E-state index contributed by atoms with van der Waals surface area (Å²) in [6, 6.07) is 3.74. The van der Waals surface area contributed by atoms with E-state index >= 15 is 0 Å². The zero-order valence-corrected chi connectivity index (χ0v) is 13.0. The molecule has 0 aromatic heterocycles. The average Bonchev–Trinajstić information content (AvgIpc) is 2.40. The van der Waals surface area contributed by atoms with E-state index in [-0.39, 0.29) is 27.5 Å². The summed E-state index contributed by atoms with van der Waals surface area (Å²) in [5.41, 5.74) is -2.62. The summed E-state index contributed by atoms with van der Waals surface area (Å²) in [5, 5.41) is 25.6. The van der Waals surface area contributed by atoms with E-state index in [1.807, 2.05) is 12.1 Å². The van der Waals surface area contributed by atoms with Crippen LogP contribution in [0, 0.1) is 22.7 Å². The van der Waals surface area contributed by atoms with Crippen LogP contribution in [0.4, 0.5) is 0 Å². The predicted octanol–water partition coefficient (Wildman–Crippen LogP) is 2.25. The third-order valence-electron chi connectivity index (χ3n) is 2.55. The largest absolute Gasteiger partial charge is 0.325 e. The minimum absolute atomic E-state index is 0.113. The molecule has 0 aromatic carbocycles. The van der Waals surface area contributed by atoms with Gasteiger partial charge < -0.3 is 9.79 Å². The van der Waals surface area contributed by atoms with Gasteiger partial charge in [-0.1, -0.05) is 0 Å². The minimum Gasteiger partial charge on any atom is -0.324 e. The van der Waals surface area contributed by atoms with E-state index in [0.29, 0.717) is 0 Å². The average molecular weight is 318 g/mol. The lowest BCUT2D eigenvalue weighted by Crippen LogP contribution is -2.25. The Kier molecular flexibility index (Phi) is 7.13. The Morgan fingerprint density at radius 3 is 1.95 bits per heavy atom. The lowest BCUT2D eigenvalue weighted by molar-refractivity contribution is 0.365. The van der Waals surface area contributed by atoms with E-state index in [0.717, 1.165) is 0 Å². The molecule has 0 aromatic rings. The molecule has 0 saturated heterocycles. The zero-order chi connectivity index (χ0) is 15.9. The Bertz CT molecular complexity index is 506. The highest BCUT2D eigenvalue weighted by molar-refractivity contribution is 7.51. The molecule has 2 N–H and O–H groups in total. The van der Waals surface area contributed by atoms with Crippen molar-refractivity contribution < 1.29 is 18.9 Å². The van der Waals surface area contributed by atoms with Crippen LogP contribution in [0.2, 0.25) is 0 Å². The highest BCUT2D eigenvalue weighted by atomic mass is 31.2. The van der Waals surface area contributed by atoms with Crippen LogP contribution in [-0.4, -0.2) is 33.2 Å². The van der Waals surface area contributed by atoms with Crippen molar-refractivity contribution in [3.63, 3.8) is 0 Å². The molecule has 2 atom stereocenters. The Morgan fingerprint density at radius 1 is 1.15 bits per heavy atom. The topological polar surface area (TPSA) is 147 Å². The maximum atomic E-state index is 10.8. The summed E-state index contributed by atoms with van der Waals surface area (Å²) in [6.45, 7) is 2.87. The number of azo groups is 1. The van der Waals surface area contributed by atoms with Gasteiger partial charge >= 0.3 is 7.60 Å². The van der Waals surface area contributed by atoms with Crippen molar-refractivity contribution in [3.05, 3.63) is 0 Å². The summed E-state index contributed by atoms with van der Waals surface area (Å²) in [4.78, 5) is 17.6. The van der Waals surface area contributed by atoms with Crippen molar-refractivity contribution in [1.82, 2.24) is 0 Å². The first-order valence-corrected chi connectivity index (χ1v) is 8.49. The van der Waals surface area contributed by atoms with Gasteiger partial charge in [-0.25, -0.2) is 0 Å². The van der Waals surface area contributed by atoms with Gasteiger partial charge in [0.1, 0.15) is 0 Å². The third kappa shape index (κ3) is 7.43. The van der Waals surface area contributed by atoms with Crippen molar-refractivity contribution in [1.29, 1.82) is 10.5 Å². The number of nitriles is 2. The second kappa shape index (κ2) is 7.57. The van der Waals surface area contributed by atoms with Crippen LogP contribution in [0.25, 0.3) is 0 Å². The summed E-state index contributed by atoms with van der Waals surface area (Å²) in [7, 11) is -4.34. The zero-order valence-electron chi connectivity index (χ0n) is 11.2. The van der Waals surface area contributed by atoms with Crippen molar-refractivity contribution in [2.45, 2.75) is 37.8 Å². The van der Waals surface area contributed by atoms with Crippen LogP contribution in [0.5, 0.6) is 0 Å². The highest BCUT2D eigenvalue weighted by Gasteiger charge is 2.30. The summed E-state index contributed by atoms with van der Waals surface area (Å²) < 4.78 is 21.2. The molecule has 0 aliphatic carbocycles. The molecular weight excluding hydrogens is 302 g/mol. The monoisotopic (exact) mass is 318 g/mol. The van der Waals surface area contributed by atoms with Gasteiger partial charge in [0.15, 0.2) is 19.5 Å². The molecular formula is C10H16N4O4P2. The van der Waals surface area contributed by atoms with E-state index in [1.165, 1.54) is 13.8 Å². The molecule has 0 aliphatic rings. The van der Waals surface area contributed by atoms with Gasteiger partial charge in [0.25, 0.3) is 0 Å². The Hall–Kier alpha value is -1.17. The van der Waals surface area contributed by atoms with E-state index in [1.54, 1.807) is 0 Å². The first kappa shape index (κ1) is 18.8. The fraction of sp³-hybridized carbons (Fsp3) is 0.800. The fourth-order valence-electron chi connectivity index (χ4n) is 1.10. The molecule has 0 aliphatic heterocycles. The third-order valence-corrected chi connectivity index (χ3v) is 3.77. The summed E-state index contributed by atoms with van der Waals surface area (Å²) in [5.74, 6) is 0. The second-order valence-corrected chi connectivity index (χ2v) is 7.19. The van der Waals surface area contributed by atoms with Crippen LogP contribution in [0.3, 0.4) is 0 Å². The predicted molar refractivity (Wildman–Crippen MR) is 71.5 cm³/mol. The molecule has 2 unspecified atom stereocenters. The molecule has 8 nitrogen and oxygen atoms in total. The lowest BCUT2D eigenvalue weighted by Gasteiger charge is -2.19. The fourth-order valence-corrected chi connectivity index (χ4v) is 2.36. The Balaban J connectivity index is 4.97. The van der Waals surface area contributed by atoms with Gasteiger partial charge in [-0.3, -0.25) is 9.13 Å². The normalized spacial score (nSPS) is 18.1. The first-order valence-electron chi connectivity index (χ1n) is 5.70. The molecule has 0 saturated carbocycles. The SMILES string of the molecule is CC(C#N)(CCP=O)N=NC(C)(C#N)CCP(=O)(O)O. The van der Waals surface area contributed by atoms with Crippen molar-refractivity contribution >= 4 is 16.1 Å². The first-order chi connectivity index (χ1) is 9.10. The standard InChI is InChI=1S/C10H16N4O4P2/c1-9(7-11,3-5-19-15)13-14-10(2,8-12)4-6-20(16,17)18/h3-6H2,1-2H3,(H2,16,17,18). The second-order valence-electron chi connectivity index (χ2n) is 4.71. The minimum atomic E-state index is -4.22. The van der Waals surface area contributed by atoms with E-state index in [4.69, 9.17) is 20.3 Å². The molecule has 0 heterocycles. The maximum absolute atomic E-state index is 10.8. The van der Waals surface area contributed by atoms with Crippen molar-refractivity contribution in [3.8, 4) is 12.1 Å².